The summed E-state index contributed by atoms with van der Waals surface area (Å²) >= 11 is 5.91. The Labute approximate surface area is 163 Å². The largest absolute Gasteiger partial charge is 0.306 e. The highest BCUT2D eigenvalue weighted by atomic mass is 35.5. The molecule has 0 radical (unpaired) electrons. The van der Waals surface area contributed by atoms with Gasteiger partial charge in [0, 0.05) is 16.0 Å². The number of carbonyl (C=O) groups excluding carboxylic acids is 1. The number of halogens is 1. The van der Waals surface area contributed by atoms with Gasteiger partial charge in [0.2, 0.25) is 0 Å². The van der Waals surface area contributed by atoms with Crippen LogP contribution in [0.2, 0.25) is 5.02 Å². The third-order valence-electron chi connectivity index (χ3n) is 4.80. The molecular weight excluding hydrogens is 360 g/mol. The maximum Gasteiger partial charge on any atom is 0.256 e. The summed E-state index contributed by atoms with van der Waals surface area (Å²) < 4.78 is 0. The van der Waals surface area contributed by atoms with Crippen LogP contribution >= 0.6 is 11.6 Å². The van der Waals surface area contributed by atoms with Crippen LogP contribution in [0.25, 0.3) is 10.9 Å². The Hall–Kier alpha value is -2.50. The summed E-state index contributed by atoms with van der Waals surface area (Å²) in [5.41, 5.74) is 1.38. The zero-order chi connectivity index (χ0) is 18.6. The van der Waals surface area contributed by atoms with E-state index in [0.717, 1.165) is 29.8 Å². The predicted molar refractivity (Wildman–Crippen MR) is 108 cm³/mol. The van der Waals surface area contributed by atoms with E-state index in [-0.39, 0.29) is 5.91 Å². The monoisotopic (exact) mass is 380 g/mol. The number of nitrogens with one attached hydrogen (secondary N) is 1. The number of hydrogen-bond acceptors (Lipinski definition) is 4. The average molecular weight is 381 g/mol. The number of piperidine rings is 1. The first-order chi connectivity index (χ1) is 13.2. The molecule has 1 saturated heterocycles. The van der Waals surface area contributed by atoms with Gasteiger partial charge in [0.1, 0.15) is 11.6 Å². The van der Waals surface area contributed by atoms with E-state index >= 15 is 0 Å². The van der Waals surface area contributed by atoms with Crippen molar-refractivity contribution in [3.05, 3.63) is 64.9 Å². The molecule has 3 aromatic rings. The summed E-state index contributed by atoms with van der Waals surface area (Å²) in [7, 11) is 0. The first kappa shape index (κ1) is 17.9. The topological polar surface area (TPSA) is 58.1 Å². The number of carbonyl (C=O) groups is 1. The van der Waals surface area contributed by atoms with Gasteiger partial charge in [-0.15, -0.1) is 0 Å². The molecule has 0 aliphatic carbocycles. The molecule has 1 aliphatic rings. The number of nitrogens with zero attached hydrogens (tertiary/aromatic N) is 3. The maximum absolute atomic E-state index is 12.6. The molecule has 4 rings (SSSR count). The van der Waals surface area contributed by atoms with Crippen molar-refractivity contribution in [1.29, 1.82) is 0 Å². The lowest BCUT2D eigenvalue weighted by Crippen LogP contribution is -2.30. The van der Waals surface area contributed by atoms with Crippen LogP contribution in [0.4, 0.5) is 5.82 Å². The van der Waals surface area contributed by atoms with Crippen LogP contribution in [0.5, 0.6) is 0 Å². The van der Waals surface area contributed by atoms with Gasteiger partial charge in [-0.3, -0.25) is 9.69 Å². The van der Waals surface area contributed by atoms with Crippen molar-refractivity contribution in [1.82, 2.24) is 14.9 Å². The third kappa shape index (κ3) is 4.26. The number of likely N-dealkylation sites (tertiary alicyclic amines) is 1. The Bertz CT molecular complexity index is 952. The van der Waals surface area contributed by atoms with E-state index < -0.39 is 0 Å². The van der Waals surface area contributed by atoms with Crippen molar-refractivity contribution in [3.8, 4) is 0 Å². The molecule has 27 heavy (non-hydrogen) atoms. The van der Waals surface area contributed by atoms with E-state index in [1.54, 1.807) is 24.3 Å². The van der Waals surface area contributed by atoms with Gasteiger partial charge in [0.25, 0.3) is 5.91 Å². The molecule has 0 spiro atoms. The number of fused-ring (bicyclic) bond motifs is 1. The molecule has 0 atom stereocenters. The first-order valence-corrected chi connectivity index (χ1v) is 9.62. The van der Waals surface area contributed by atoms with Crippen molar-refractivity contribution >= 4 is 34.2 Å². The van der Waals surface area contributed by atoms with E-state index in [4.69, 9.17) is 16.6 Å². The van der Waals surface area contributed by atoms with Crippen LogP contribution in [-0.2, 0) is 6.54 Å². The van der Waals surface area contributed by atoms with Crippen LogP contribution in [-0.4, -0.2) is 33.9 Å². The van der Waals surface area contributed by atoms with Gasteiger partial charge >= 0.3 is 0 Å². The molecule has 1 fully saturated rings. The molecule has 0 saturated carbocycles. The first-order valence-electron chi connectivity index (χ1n) is 9.24. The number of aromatic nitrogens is 2. The van der Waals surface area contributed by atoms with E-state index in [9.17, 15) is 4.79 Å². The SMILES string of the molecule is O=C(Nc1nc(CN2CCCCC2)nc2ccccc12)c1ccc(Cl)cc1. The highest BCUT2D eigenvalue weighted by Gasteiger charge is 2.15. The lowest BCUT2D eigenvalue weighted by molar-refractivity contribution is 0.102. The normalized spacial score (nSPS) is 15.0. The minimum Gasteiger partial charge on any atom is -0.306 e. The molecule has 0 bridgehead atoms. The summed E-state index contributed by atoms with van der Waals surface area (Å²) in [5, 5.41) is 4.38. The molecule has 0 unspecified atom stereocenters. The number of rotatable bonds is 4. The minimum atomic E-state index is -0.209. The zero-order valence-electron chi connectivity index (χ0n) is 15.0. The van der Waals surface area contributed by atoms with Gasteiger partial charge in [0.05, 0.1) is 12.1 Å². The highest BCUT2D eigenvalue weighted by molar-refractivity contribution is 6.30. The van der Waals surface area contributed by atoms with E-state index in [1.165, 1.54) is 19.3 Å². The molecule has 6 heteroatoms. The van der Waals surface area contributed by atoms with Crippen molar-refractivity contribution < 1.29 is 4.79 Å². The second-order valence-electron chi connectivity index (χ2n) is 6.80. The smallest absolute Gasteiger partial charge is 0.256 e. The number of amides is 1. The minimum absolute atomic E-state index is 0.209. The molecule has 2 aromatic carbocycles. The molecular formula is C21H21ClN4O. The quantitative estimate of drug-likeness (QED) is 0.722. The molecule has 2 heterocycles. The fourth-order valence-electron chi connectivity index (χ4n) is 3.39. The Kier molecular flexibility index (Phi) is 5.32. The average Bonchev–Trinajstić information content (AvgIpc) is 2.69. The summed E-state index contributed by atoms with van der Waals surface area (Å²) in [4.78, 5) is 24.4. The number of anilines is 1. The zero-order valence-corrected chi connectivity index (χ0v) is 15.7. The molecule has 1 aliphatic heterocycles. The molecule has 138 valence electrons. The molecule has 1 N–H and O–H groups in total. The van der Waals surface area contributed by atoms with Gasteiger partial charge in [0.15, 0.2) is 0 Å². The molecule has 1 amide bonds. The highest BCUT2D eigenvalue weighted by Crippen LogP contribution is 2.22. The van der Waals surface area contributed by atoms with Crippen molar-refractivity contribution in [2.75, 3.05) is 18.4 Å². The van der Waals surface area contributed by atoms with Crippen LogP contribution in [0.1, 0.15) is 35.4 Å². The summed E-state index contributed by atoms with van der Waals surface area (Å²) in [6.45, 7) is 2.85. The van der Waals surface area contributed by atoms with E-state index in [1.807, 2.05) is 24.3 Å². The van der Waals surface area contributed by atoms with Gasteiger partial charge in [-0.05, 0) is 62.3 Å². The Morgan fingerprint density at radius 1 is 1.00 bits per heavy atom. The second-order valence-corrected chi connectivity index (χ2v) is 7.24. The Morgan fingerprint density at radius 2 is 1.74 bits per heavy atom. The standard InChI is InChI=1S/C21H21ClN4O/c22-16-10-8-15(9-11-16)21(27)25-20-17-6-2-3-7-18(17)23-19(24-20)14-26-12-4-1-5-13-26/h2-3,6-11H,1,4-5,12-14H2,(H,23,24,25,27). The lowest BCUT2D eigenvalue weighted by atomic mass is 10.1. The number of para-hydroxylation sites is 1. The summed E-state index contributed by atoms with van der Waals surface area (Å²) in [6.07, 6.45) is 3.72. The fourth-order valence-corrected chi connectivity index (χ4v) is 3.52. The van der Waals surface area contributed by atoms with Gasteiger partial charge < -0.3 is 5.32 Å². The van der Waals surface area contributed by atoms with E-state index in [2.05, 4.69) is 15.2 Å². The van der Waals surface area contributed by atoms with Crippen molar-refractivity contribution in [3.63, 3.8) is 0 Å². The number of benzene rings is 2. The van der Waals surface area contributed by atoms with Gasteiger partial charge in [-0.2, -0.15) is 0 Å². The van der Waals surface area contributed by atoms with E-state index in [0.29, 0.717) is 22.9 Å². The number of hydrogen-bond donors (Lipinski definition) is 1. The Morgan fingerprint density at radius 3 is 2.52 bits per heavy atom. The maximum atomic E-state index is 12.6. The van der Waals surface area contributed by atoms with Crippen molar-refractivity contribution in [2.45, 2.75) is 25.8 Å². The van der Waals surface area contributed by atoms with Crippen molar-refractivity contribution in [2.24, 2.45) is 0 Å². The van der Waals surface area contributed by atoms with Crippen LogP contribution < -0.4 is 5.32 Å². The summed E-state index contributed by atoms with van der Waals surface area (Å²) in [6, 6.07) is 14.6. The predicted octanol–water partition coefficient (Wildman–Crippen LogP) is 4.52. The van der Waals surface area contributed by atoms with Gasteiger partial charge in [-0.25, -0.2) is 9.97 Å². The van der Waals surface area contributed by atoms with Crippen LogP contribution in [0, 0.1) is 0 Å². The summed E-state index contributed by atoms with van der Waals surface area (Å²) in [5.74, 6) is 1.08. The van der Waals surface area contributed by atoms with Crippen LogP contribution in [0.3, 0.4) is 0 Å². The second kappa shape index (κ2) is 8.03. The molecule has 1 aromatic heterocycles. The third-order valence-corrected chi connectivity index (χ3v) is 5.05. The molecule has 5 nitrogen and oxygen atoms in total. The van der Waals surface area contributed by atoms with Crippen LogP contribution in [0.15, 0.2) is 48.5 Å². The Balaban J connectivity index is 1.63. The fraction of sp³-hybridized carbons (Fsp3) is 0.286. The lowest BCUT2D eigenvalue weighted by Gasteiger charge is -2.25. The van der Waals surface area contributed by atoms with Gasteiger partial charge in [-0.1, -0.05) is 30.2 Å².